The van der Waals surface area contributed by atoms with Gasteiger partial charge in [-0.1, -0.05) is 4.98 Å². The van der Waals surface area contributed by atoms with Crippen molar-refractivity contribution in [1.82, 2.24) is 19.7 Å². The third-order valence-corrected chi connectivity index (χ3v) is 3.11. The van der Waals surface area contributed by atoms with Gasteiger partial charge in [0.1, 0.15) is 24.1 Å². The Balaban J connectivity index is 2.06. The van der Waals surface area contributed by atoms with Crippen molar-refractivity contribution in [3.63, 3.8) is 0 Å². The maximum atomic E-state index is 13.7. The Morgan fingerprint density at radius 3 is 2.91 bits per heavy atom. The van der Waals surface area contributed by atoms with Gasteiger partial charge in [-0.05, 0) is 32.0 Å². The number of hydrogen-bond donors (Lipinski definition) is 0. The van der Waals surface area contributed by atoms with E-state index < -0.39 is 5.82 Å². The molecule has 0 N–H and O–H groups in total. The van der Waals surface area contributed by atoms with Crippen molar-refractivity contribution in [2.75, 3.05) is 0 Å². The van der Waals surface area contributed by atoms with Crippen LogP contribution < -0.4 is 9.47 Å². The lowest BCUT2D eigenvalue weighted by Gasteiger charge is -2.13. The van der Waals surface area contributed by atoms with Gasteiger partial charge >= 0.3 is 0 Å². The number of halogens is 1. The Morgan fingerprint density at radius 1 is 1.35 bits per heavy atom. The molecule has 0 fully saturated rings. The van der Waals surface area contributed by atoms with Gasteiger partial charge in [-0.15, -0.1) is 0 Å². The third-order valence-electron chi connectivity index (χ3n) is 3.11. The van der Waals surface area contributed by atoms with Crippen LogP contribution in [-0.2, 0) is 0 Å². The normalized spacial score (nSPS) is 11.0. The van der Waals surface area contributed by atoms with Crippen LogP contribution in [0.2, 0.25) is 0 Å². The van der Waals surface area contributed by atoms with Crippen molar-refractivity contribution in [3.05, 3.63) is 54.3 Å². The number of aromatic nitrogens is 5. The van der Waals surface area contributed by atoms with Gasteiger partial charge in [0.2, 0.25) is 5.75 Å². The summed E-state index contributed by atoms with van der Waals surface area (Å²) in [6.07, 6.45) is 5.13. The second-order valence-electron chi connectivity index (χ2n) is 5.15. The maximum Gasteiger partial charge on any atom is 0.289 e. The van der Waals surface area contributed by atoms with E-state index in [-0.39, 0.29) is 11.8 Å². The molecule has 0 saturated heterocycles. The average molecular weight is 315 g/mol. The van der Waals surface area contributed by atoms with Gasteiger partial charge in [-0.2, -0.15) is 5.10 Å². The molecule has 8 heteroatoms. The summed E-state index contributed by atoms with van der Waals surface area (Å²) in [5.74, 6) is 0.657. The Kier molecular flexibility index (Phi) is 3.88. The maximum absolute atomic E-state index is 13.7. The summed E-state index contributed by atoms with van der Waals surface area (Å²) < 4.78 is 21.6. The zero-order valence-electron chi connectivity index (χ0n) is 12.5. The molecule has 118 valence electrons. The molecule has 7 nitrogen and oxygen atoms in total. The summed E-state index contributed by atoms with van der Waals surface area (Å²) in [6.45, 7) is 3.89. The smallest absolute Gasteiger partial charge is 0.289 e. The second kappa shape index (κ2) is 5.99. The fourth-order valence-corrected chi connectivity index (χ4v) is 2.13. The lowest BCUT2D eigenvalue weighted by molar-refractivity contribution is -0.609. The minimum Gasteiger partial charge on any atom is -0.711 e. The highest BCUT2D eigenvalue weighted by Gasteiger charge is 2.17. The Bertz CT molecular complexity index is 834. The molecule has 0 aliphatic heterocycles. The lowest BCUT2D eigenvalue weighted by atomic mass is 10.1. The molecule has 0 unspecified atom stereocenters. The Labute approximate surface area is 131 Å². The number of nitrogens with zero attached hydrogens (tertiary/aromatic N) is 5. The molecule has 0 aliphatic carbocycles. The summed E-state index contributed by atoms with van der Waals surface area (Å²) in [5.41, 5.74) is 0.442. The highest BCUT2D eigenvalue weighted by molar-refractivity contribution is 5.65. The van der Waals surface area contributed by atoms with E-state index in [1.54, 1.807) is 4.68 Å². The summed E-state index contributed by atoms with van der Waals surface area (Å²) in [6, 6.07) is 4.12. The fraction of sp³-hybridized carbons (Fsp3) is 0.200. The van der Waals surface area contributed by atoms with Gasteiger partial charge in [0, 0.05) is 6.04 Å². The van der Waals surface area contributed by atoms with Crippen LogP contribution in [0, 0.1) is 11.0 Å². The minimum atomic E-state index is -0.421. The first-order chi connectivity index (χ1) is 11.0. The highest BCUT2D eigenvalue weighted by atomic mass is 19.1. The highest BCUT2D eigenvalue weighted by Crippen LogP contribution is 2.33. The van der Waals surface area contributed by atoms with Crippen LogP contribution in [-0.4, -0.2) is 19.7 Å². The number of benzene rings is 1. The largest absolute Gasteiger partial charge is 0.711 e. The fourth-order valence-electron chi connectivity index (χ4n) is 2.13. The predicted octanol–water partition coefficient (Wildman–Crippen LogP) is 2.49. The first-order valence-corrected chi connectivity index (χ1v) is 6.95. The van der Waals surface area contributed by atoms with Gasteiger partial charge in [-0.25, -0.2) is 18.8 Å². The standard InChI is InChI=1S/C15H14FN5O2/c1-10(2)21-15(18-8-19-21)13-5-11(16)3-4-14(13)23-12-6-17-9-20(22)7-12/h3-10H,1-2H3. The minimum absolute atomic E-state index is 0.0470. The van der Waals surface area contributed by atoms with E-state index >= 15 is 0 Å². The zero-order chi connectivity index (χ0) is 16.4. The topological polar surface area (TPSA) is 79.8 Å². The van der Waals surface area contributed by atoms with Crippen molar-refractivity contribution < 1.29 is 13.9 Å². The molecule has 0 atom stereocenters. The molecule has 0 bridgehead atoms. The van der Waals surface area contributed by atoms with Crippen LogP contribution in [0.25, 0.3) is 11.4 Å². The molecular weight excluding hydrogens is 301 g/mol. The van der Waals surface area contributed by atoms with Crippen LogP contribution in [0.15, 0.2) is 43.2 Å². The van der Waals surface area contributed by atoms with E-state index in [2.05, 4.69) is 15.1 Å². The Hall–Kier alpha value is -3.03. The molecule has 23 heavy (non-hydrogen) atoms. The number of hydrogen-bond acceptors (Lipinski definition) is 5. The summed E-state index contributed by atoms with van der Waals surface area (Å²) in [4.78, 5) is 7.95. The van der Waals surface area contributed by atoms with E-state index in [9.17, 15) is 9.60 Å². The van der Waals surface area contributed by atoms with E-state index in [0.717, 1.165) is 6.33 Å². The molecule has 0 amide bonds. The van der Waals surface area contributed by atoms with Crippen molar-refractivity contribution in [1.29, 1.82) is 0 Å². The monoisotopic (exact) mass is 315 g/mol. The quantitative estimate of drug-likeness (QED) is 0.546. The van der Waals surface area contributed by atoms with Gasteiger partial charge < -0.3 is 9.94 Å². The van der Waals surface area contributed by atoms with Gasteiger partial charge in [-0.3, -0.25) is 0 Å². The van der Waals surface area contributed by atoms with Gasteiger partial charge in [0.15, 0.2) is 12.0 Å². The van der Waals surface area contributed by atoms with Crippen molar-refractivity contribution in [3.8, 4) is 22.9 Å². The van der Waals surface area contributed by atoms with Gasteiger partial charge in [0.25, 0.3) is 6.33 Å². The summed E-state index contributed by atoms with van der Waals surface area (Å²) >= 11 is 0. The summed E-state index contributed by atoms with van der Waals surface area (Å²) in [7, 11) is 0. The zero-order valence-corrected chi connectivity index (χ0v) is 12.5. The lowest BCUT2D eigenvalue weighted by Crippen LogP contribution is -2.25. The second-order valence-corrected chi connectivity index (χ2v) is 5.15. The van der Waals surface area contributed by atoms with Crippen molar-refractivity contribution in [2.45, 2.75) is 19.9 Å². The number of ether oxygens (including phenoxy) is 1. The van der Waals surface area contributed by atoms with E-state index in [1.165, 1.54) is 36.9 Å². The van der Waals surface area contributed by atoms with Crippen LogP contribution in [0.5, 0.6) is 11.5 Å². The Morgan fingerprint density at radius 2 is 2.17 bits per heavy atom. The van der Waals surface area contributed by atoms with Crippen LogP contribution in [0.3, 0.4) is 0 Å². The third kappa shape index (κ3) is 3.10. The number of rotatable bonds is 4. The molecule has 1 aromatic carbocycles. The van der Waals surface area contributed by atoms with Crippen LogP contribution in [0.4, 0.5) is 4.39 Å². The molecule has 3 aromatic rings. The molecule has 3 rings (SSSR count). The molecule has 0 saturated carbocycles. The molecule has 2 aromatic heterocycles. The first kappa shape index (κ1) is 14.9. The molecular formula is C15H14FN5O2. The van der Waals surface area contributed by atoms with Crippen LogP contribution >= 0.6 is 0 Å². The molecule has 2 heterocycles. The van der Waals surface area contributed by atoms with Gasteiger partial charge in [0.05, 0.1) is 5.56 Å². The van der Waals surface area contributed by atoms with E-state index in [1.807, 2.05) is 13.8 Å². The van der Waals surface area contributed by atoms with Crippen molar-refractivity contribution in [2.24, 2.45) is 0 Å². The predicted molar refractivity (Wildman–Crippen MR) is 79.1 cm³/mol. The first-order valence-electron chi connectivity index (χ1n) is 6.95. The SMILES string of the molecule is CC(C)n1ncnc1-c1cc(F)ccc1Oc1cnc[n+]([O-])c1. The summed E-state index contributed by atoms with van der Waals surface area (Å²) in [5, 5.41) is 15.4. The van der Waals surface area contributed by atoms with Crippen LogP contribution in [0.1, 0.15) is 19.9 Å². The molecule has 0 spiro atoms. The van der Waals surface area contributed by atoms with Crippen molar-refractivity contribution >= 4 is 0 Å². The molecule has 0 radical (unpaired) electrons. The van der Waals surface area contributed by atoms with E-state index in [0.29, 0.717) is 21.9 Å². The van der Waals surface area contributed by atoms with E-state index in [4.69, 9.17) is 4.74 Å². The average Bonchev–Trinajstić information content (AvgIpc) is 2.99. The molecule has 0 aliphatic rings.